The molecule has 0 saturated carbocycles. The molecule has 0 aliphatic heterocycles. The molecule has 0 aliphatic rings. The van der Waals surface area contributed by atoms with Crippen LogP contribution in [-0.4, -0.2) is 18.2 Å². The highest BCUT2D eigenvalue weighted by atomic mass is 35.5. The number of rotatable bonds is 5. The average Bonchev–Trinajstić information content (AvgIpc) is 2.47. The molecule has 0 radical (unpaired) electrons. The van der Waals surface area contributed by atoms with Gasteiger partial charge in [0.05, 0.1) is 6.21 Å². The second-order valence-electron chi connectivity index (χ2n) is 4.54. The average molecular weight is 321 g/mol. The minimum Gasteiger partial charge on any atom is -0.383 e. The first-order valence-corrected chi connectivity index (χ1v) is 6.93. The van der Waals surface area contributed by atoms with Gasteiger partial charge in [0.15, 0.2) is 0 Å². The van der Waals surface area contributed by atoms with E-state index in [0.717, 1.165) is 0 Å². The number of nitrogens with one attached hydrogen (secondary N) is 1. The Morgan fingerprint density at radius 1 is 1.32 bits per heavy atom. The number of hydrogen-bond donors (Lipinski definition) is 1. The number of halogens is 2. The molecule has 6 heteroatoms. The highest BCUT2D eigenvalue weighted by Crippen LogP contribution is 2.15. The molecule has 22 heavy (non-hydrogen) atoms. The van der Waals surface area contributed by atoms with Crippen molar-refractivity contribution in [1.82, 2.24) is 0 Å². The predicted octanol–water partition coefficient (Wildman–Crippen LogP) is 3.86. The van der Waals surface area contributed by atoms with Crippen molar-refractivity contribution in [2.45, 2.75) is 13.0 Å². The van der Waals surface area contributed by atoms with Crippen LogP contribution in [0.25, 0.3) is 0 Å². The normalized spacial score (nSPS) is 12.1. The van der Waals surface area contributed by atoms with E-state index in [9.17, 15) is 9.18 Å². The molecule has 2 aromatic carbocycles. The Labute approximate surface area is 132 Å². The molecule has 0 fully saturated rings. The Hall–Kier alpha value is -2.40. The van der Waals surface area contributed by atoms with Gasteiger partial charge in [0, 0.05) is 10.7 Å². The van der Waals surface area contributed by atoms with Crippen molar-refractivity contribution < 1.29 is 14.0 Å². The van der Waals surface area contributed by atoms with Crippen LogP contribution in [0.4, 0.5) is 10.1 Å². The number of amides is 1. The topological polar surface area (TPSA) is 50.7 Å². The van der Waals surface area contributed by atoms with E-state index in [1.165, 1.54) is 18.3 Å². The zero-order chi connectivity index (χ0) is 15.9. The zero-order valence-electron chi connectivity index (χ0n) is 11.8. The number of carbonyl (C=O) groups is 1. The lowest BCUT2D eigenvalue weighted by Gasteiger charge is -2.10. The number of hydrogen-bond acceptors (Lipinski definition) is 3. The molecule has 0 heterocycles. The van der Waals surface area contributed by atoms with Gasteiger partial charge in [0.1, 0.15) is 5.82 Å². The Balaban J connectivity index is 1.89. The van der Waals surface area contributed by atoms with Crippen molar-refractivity contribution in [3.8, 4) is 0 Å². The maximum absolute atomic E-state index is 13.0. The summed E-state index contributed by atoms with van der Waals surface area (Å²) >= 11 is 5.84. The van der Waals surface area contributed by atoms with Crippen LogP contribution in [0.3, 0.4) is 0 Å². The summed E-state index contributed by atoms with van der Waals surface area (Å²) in [6, 6.07) is 12.7. The van der Waals surface area contributed by atoms with Gasteiger partial charge in [-0.2, -0.15) is 0 Å². The van der Waals surface area contributed by atoms with Gasteiger partial charge in [-0.1, -0.05) is 35.0 Å². The summed E-state index contributed by atoms with van der Waals surface area (Å²) in [5, 5.41) is 6.87. The molecule has 1 N–H and O–H groups in total. The van der Waals surface area contributed by atoms with Crippen LogP contribution in [0.15, 0.2) is 53.7 Å². The van der Waals surface area contributed by atoms with Crippen LogP contribution in [0, 0.1) is 5.82 Å². The molecule has 0 spiro atoms. The van der Waals surface area contributed by atoms with E-state index >= 15 is 0 Å². The summed E-state index contributed by atoms with van der Waals surface area (Å²) in [4.78, 5) is 17.0. The molecule has 0 saturated heterocycles. The molecule has 2 aromatic rings. The minimum atomic E-state index is -0.802. The monoisotopic (exact) mass is 320 g/mol. The van der Waals surface area contributed by atoms with Crippen molar-refractivity contribution >= 4 is 29.4 Å². The predicted molar refractivity (Wildman–Crippen MR) is 84.6 cm³/mol. The SMILES string of the molecule is C[C@H](O/N=C\c1cccc(F)c1)C(=O)Nc1cccc(Cl)c1. The van der Waals surface area contributed by atoms with E-state index in [0.29, 0.717) is 16.3 Å². The van der Waals surface area contributed by atoms with Crippen LogP contribution in [0.5, 0.6) is 0 Å². The second kappa shape index (κ2) is 7.56. The fourth-order valence-corrected chi connectivity index (χ4v) is 1.82. The van der Waals surface area contributed by atoms with Crippen LogP contribution in [0.2, 0.25) is 5.02 Å². The van der Waals surface area contributed by atoms with Crippen molar-refractivity contribution in [3.63, 3.8) is 0 Å². The summed E-state index contributed by atoms with van der Waals surface area (Å²) in [6.45, 7) is 1.56. The highest BCUT2D eigenvalue weighted by Gasteiger charge is 2.14. The van der Waals surface area contributed by atoms with Crippen molar-refractivity contribution in [2.75, 3.05) is 5.32 Å². The van der Waals surface area contributed by atoms with E-state index < -0.39 is 6.10 Å². The van der Waals surface area contributed by atoms with Crippen molar-refractivity contribution in [3.05, 3.63) is 64.9 Å². The highest BCUT2D eigenvalue weighted by molar-refractivity contribution is 6.30. The molecule has 114 valence electrons. The van der Waals surface area contributed by atoms with Gasteiger partial charge in [-0.05, 0) is 42.8 Å². The molecule has 0 aromatic heterocycles. The summed E-state index contributed by atoms with van der Waals surface area (Å²) in [6.07, 6.45) is 0.537. The Morgan fingerprint density at radius 3 is 2.82 bits per heavy atom. The standard InChI is InChI=1S/C16H14ClFN2O2/c1-11(16(21)20-15-7-3-5-13(17)9-15)22-19-10-12-4-2-6-14(18)8-12/h2-11H,1H3,(H,20,21)/b19-10-/t11-/m0/s1. The van der Waals surface area contributed by atoms with Gasteiger partial charge < -0.3 is 10.2 Å². The minimum absolute atomic E-state index is 0.362. The largest absolute Gasteiger partial charge is 0.383 e. The second-order valence-corrected chi connectivity index (χ2v) is 4.97. The maximum atomic E-state index is 13.0. The Kier molecular flexibility index (Phi) is 5.49. The molecule has 0 bridgehead atoms. The fourth-order valence-electron chi connectivity index (χ4n) is 1.63. The summed E-state index contributed by atoms with van der Waals surface area (Å²) in [5.41, 5.74) is 1.12. The Morgan fingerprint density at radius 2 is 2.09 bits per heavy atom. The van der Waals surface area contributed by atoms with Gasteiger partial charge in [-0.3, -0.25) is 4.79 Å². The van der Waals surface area contributed by atoms with Gasteiger partial charge in [0.2, 0.25) is 6.10 Å². The first-order valence-electron chi connectivity index (χ1n) is 6.56. The van der Waals surface area contributed by atoms with Crippen molar-refractivity contribution in [1.29, 1.82) is 0 Å². The third-order valence-corrected chi connectivity index (χ3v) is 2.97. The van der Waals surface area contributed by atoms with E-state index in [1.807, 2.05) is 0 Å². The quantitative estimate of drug-likeness (QED) is 0.672. The number of carbonyl (C=O) groups excluding carboxylic acids is 1. The lowest BCUT2D eigenvalue weighted by molar-refractivity contribution is -0.126. The molecule has 0 unspecified atom stereocenters. The smallest absolute Gasteiger partial charge is 0.267 e. The number of nitrogens with zero attached hydrogens (tertiary/aromatic N) is 1. The lowest BCUT2D eigenvalue weighted by atomic mass is 10.2. The number of benzene rings is 2. The van der Waals surface area contributed by atoms with Crippen LogP contribution >= 0.6 is 11.6 Å². The molecule has 1 atom stereocenters. The fraction of sp³-hybridized carbons (Fsp3) is 0.125. The van der Waals surface area contributed by atoms with Crippen molar-refractivity contribution in [2.24, 2.45) is 5.16 Å². The van der Waals surface area contributed by atoms with E-state index in [1.54, 1.807) is 43.3 Å². The van der Waals surface area contributed by atoms with Gasteiger partial charge >= 0.3 is 0 Å². The molecule has 1 amide bonds. The first-order chi connectivity index (χ1) is 10.5. The molecule has 4 nitrogen and oxygen atoms in total. The third kappa shape index (κ3) is 4.86. The molecule has 2 rings (SSSR count). The third-order valence-electron chi connectivity index (χ3n) is 2.73. The maximum Gasteiger partial charge on any atom is 0.267 e. The first kappa shape index (κ1) is 16.0. The molecule has 0 aliphatic carbocycles. The lowest BCUT2D eigenvalue weighted by Crippen LogP contribution is -2.26. The molecular formula is C16H14ClFN2O2. The molecular weight excluding hydrogens is 307 g/mol. The van der Waals surface area contributed by atoms with Crippen LogP contribution in [0.1, 0.15) is 12.5 Å². The Bertz CT molecular complexity index is 691. The van der Waals surface area contributed by atoms with Gasteiger partial charge in [-0.25, -0.2) is 4.39 Å². The number of oxime groups is 1. The summed E-state index contributed by atoms with van der Waals surface area (Å²) < 4.78 is 13.0. The number of anilines is 1. The van der Waals surface area contributed by atoms with Crippen LogP contribution in [-0.2, 0) is 9.63 Å². The summed E-state index contributed by atoms with van der Waals surface area (Å²) in [7, 11) is 0. The van der Waals surface area contributed by atoms with E-state index in [-0.39, 0.29) is 11.7 Å². The van der Waals surface area contributed by atoms with Crippen LogP contribution < -0.4 is 5.32 Å². The summed E-state index contributed by atoms with van der Waals surface area (Å²) in [5.74, 6) is -0.727. The van der Waals surface area contributed by atoms with Gasteiger partial charge in [0.25, 0.3) is 5.91 Å². The van der Waals surface area contributed by atoms with E-state index in [4.69, 9.17) is 16.4 Å². The zero-order valence-corrected chi connectivity index (χ0v) is 12.5. The van der Waals surface area contributed by atoms with E-state index in [2.05, 4.69) is 10.5 Å². The van der Waals surface area contributed by atoms with Gasteiger partial charge in [-0.15, -0.1) is 0 Å².